The van der Waals surface area contributed by atoms with E-state index in [1.54, 1.807) is 6.07 Å². The predicted octanol–water partition coefficient (Wildman–Crippen LogP) is 3.55. The zero-order chi connectivity index (χ0) is 16.2. The molecular formula is C18H28Cl2FN3O. The van der Waals surface area contributed by atoms with Crippen LogP contribution in [0.2, 0.25) is 0 Å². The minimum atomic E-state index is -0.281. The van der Waals surface area contributed by atoms with Gasteiger partial charge in [-0.15, -0.1) is 24.8 Å². The first-order valence-electron chi connectivity index (χ1n) is 8.74. The Hall–Kier alpha value is -0.880. The van der Waals surface area contributed by atoms with Crippen LogP contribution in [0.25, 0.3) is 0 Å². The van der Waals surface area contributed by atoms with Crippen molar-refractivity contribution in [2.24, 2.45) is 11.7 Å². The maximum Gasteiger partial charge on any atom is 0.229 e. The van der Waals surface area contributed by atoms with Gasteiger partial charge in [0.15, 0.2) is 0 Å². The number of nitrogens with two attached hydrogens (primary N) is 1. The number of hydrogen-bond donors (Lipinski definition) is 3. The quantitative estimate of drug-likeness (QED) is 0.721. The van der Waals surface area contributed by atoms with Crippen LogP contribution in [-0.2, 0) is 17.8 Å². The number of carbonyl (C=O) groups excluding carboxylic acids is 1. The number of anilines is 1. The van der Waals surface area contributed by atoms with Gasteiger partial charge in [-0.05, 0) is 43.0 Å². The Bertz CT molecular complexity index is 586. The largest absolute Gasteiger partial charge is 0.327 e. The molecular weight excluding hydrogens is 364 g/mol. The Morgan fingerprint density at radius 3 is 2.64 bits per heavy atom. The molecule has 3 rings (SSSR count). The molecule has 1 saturated carbocycles. The van der Waals surface area contributed by atoms with Gasteiger partial charge in [-0.1, -0.05) is 31.7 Å². The molecule has 4 nitrogen and oxygen atoms in total. The summed E-state index contributed by atoms with van der Waals surface area (Å²) in [7, 11) is 0. The number of halogens is 3. The van der Waals surface area contributed by atoms with Crippen molar-refractivity contribution in [3.8, 4) is 0 Å². The van der Waals surface area contributed by atoms with E-state index in [9.17, 15) is 9.18 Å². The van der Waals surface area contributed by atoms with Crippen molar-refractivity contribution in [1.82, 2.24) is 5.32 Å². The average molecular weight is 392 g/mol. The summed E-state index contributed by atoms with van der Waals surface area (Å²) in [6, 6.07) is 3.45. The monoisotopic (exact) mass is 391 g/mol. The molecule has 1 fully saturated rings. The fourth-order valence-corrected chi connectivity index (χ4v) is 3.69. The van der Waals surface area contributed by atoms with Crippen LogP contribution in [0.4, 0.5) is 10.1 Å². The standard InChI is InChI=1S/C18H26FN3O.2ClH/c19-17-13-9-10-21-11-12(13)7-8-16(17)22-18(23)14-5-3-1-2-4-6-15(14)20;;/h7-8,14-15,21H,1-6,9-11,20H2,(H,22,23);2*1H. The Morgan fingerprint density at radius 2 is 1.88 bits per heavy atom. The van der Waals surface area contributed by atoms with E-state index in [0.717, 1.165) is 49.8 Å². The number of rotatable bonds is 2. The third-order valence-electron chi connectivity index (χ3n) is 5.12. The number of fused-ring (bicyclic) bond motifs is 1. The maximum atomic E-state index is 14.7. The Labute approximate surface area is 161 Å². The van der Waals surface area contributed by atoms with Crippen molar-refractivity contribution in [3.05, 3.63) is 29.1 Å². The van der Waals surface area contributed by atoms with E-state index in [4.69, 9.17) is 5.73 Å². The summed E-state index contributed by atoms with van der Waals surface area (Å²) in [5.41, 5.74) is 8.19. The van der Waals surface area contributed by atoms with Gasteiger partial charge in [0.25, 0.3) is 0 Å². The van der Waals surface area contributed by atoms with Gasteiger partial charge in [0, 0.05) is 12.6 Å². The topological polar surface area (TPSA) is 67.2 Å². The molecule has 1 aromatic carbocycles. The van der Waals surface area contributed by atoms with Crippen molar-refractivity contribution in [3.63, 3.8) is 0 Å². The van der Waals surface area contributed by atoms with Crippen LogP contribution in [0.1, 0.15) is 49.7 Å². The average Bonchev–Trinajstić information content (AvgIpc) is 2.54. The second-order valence-corrected chi connectivity index (χ2v) is 6.74. The third-order valence-corrected chi connectivity index (χ3v) is 5.12. The van der Waals surface area contributed by atoms with E-state index in [1.807, 2.05) is 6.07 Å². The van der Waals surface area contributed by atoms with Gasteiger partial charge in [-0.3, -0.25) is 4.79 Å². The number of amides is 1. The van der Waals surface area contributed by atoms with E-state index in [2.05, 4.69) is 10.6 Å². The summed E-state index contributed by atoms with van der Waals surface area (Å²) in [6.07, 6.45) is 6.76. The Kier molecular flexibility index (Phi) is 9.14. The van der Waals surface area contributed by atoms with Crippen LogP contribution in [0.5, 0.6) is 0 Å². The summed E-state index contributed by atoms with van der Waals surface area (Å²) < 4.78 is 14.7. The lowest BCUT2D eigenvalue weighted by Gasteiger charge is -2.26. The molecule has 0 spiro atoms. The Morgan fingerprint density at radius 1 is 1.16 bits per heavy atom. The highest BCUT2D eigenvalue weighted by molar-refractivity contribution is 5.93. The lowest BCUT2D eigenvalue weighted by molar-refractivity contribution is -0.120. The van der Waals surface area contributed by atoms with Crippen LogP contribution < -0.4 is 16.4 Å². The van der Waals surface area contributed by atoms with Gasteiger partial charge >= 0.3 is 0 Å². The van der Waals surface area contributed by atoms with Crippen LogP contribution in [-0.4, -0.2) is 18.5 Å². The van der Waals surface area contributed by atoms with Crippen LogP contribution in [0.3, 0.4) is 0 Å². The fourth-order valence-electron chi connectivity index (χ4n) is 3.69. The molecule has 1 aliphatic carbocycles. The van der Waals surface area contributed by atoms with E-state index in [-0.39, 0.29) is 48.5 Å². The normalized spacial score (nSPS) is 23.1. The van der Waals surface area contributed by atoms with E-state index in [0.29, 0.717) is 18.7 Å². The number of carbonyl (C=O) groups is 1. The summed E-state index contributed by atoms with van der Waals surface area (Å²) >= 11 is 0. The molecule has 25 heavy (non-hydrogen) atoms. The van der Waals surface area contributed by atoms with Gasteiger partial charge in [0.05, 0.1) is 11.6 Å². The second kappa shape index (κ2) is 10.3. The second-order valence-electron chi connectivity index (χ2n) is 6.74. The number of benzene rings is 1. The summed E-state index contributed by atoms with van der Waals surface area (Å²) in [5.74, 6) is -0.628. The third kappa shape index (κ3) is 5.30. The molecule has 7 heteroatoms. The van der Waals surface area contributed by atoms with Crippen LogP contribution in [0.15, 0.2) is 12.1 Å². The van der Waals surface area contributed by atoms with Gasteiger partial charge in [-0.2, -0.15) is 0 Å². The highest BCUT2D eigenvalue weighted by Crippen LogP contribution is 2.27. The number of nitrogens with one attached hydrogen (secondary N) is 2. The van der Waals surface area contributed by atoms with Crippen molar-refractivity contribution >= 4 is 36.4 Å². The molecule has 0 saturated heterocycles. The molecule has 142 valence electrons. The maximum absolute atomic E-state index is 14.7. The van der Waals surface area contributed by atoms with Crippen LogP contribution in [0, 0.1) is 11.7 Å². The van der Waals surface area contributed by atoms with Gasteiger partial charge < -0.3 is 16.4 Å². The first kappa shape index (κ1) is 22.2. The molecule has 0 radical (unpaired) electrons. The van der Waals surface area contributed by atoms with Crippen molar-refractivity contribution in [2.45, 2.75) is 57.5 Å². The molecule has 0 bridgehead atoms. The van der Waals surface area contributed by atoms with Gasteiger partial charge in [-0.25, -0.2) is 4.39 Å². The molecule has 1 amide bonds. The van der Waals surface area contributed by atoms with Crippen molar-refractivity contribution in [2.75, 3.05) is 11.9 Å². The predicted molar refractivity (Wildman–Crippen MR) is 104 cm³/mol. The first-order chi connectivity index (χ1) is 11.2. The minimum Gasteiger partial charge on any atom is -0.327 e. The lowest BCUT2D eigenvalue weighted by Crippen LogP contribution is -2.39. The molecule has 2 atom stereocenters. The lowest BCUT2D eigenvalue weighted by atomic mass is 9.86. The molecule has 1 aromatic rings. The molecule has 2 unspecified atom stereocenters. The zero-order valence-electron chi connectivity index (χ0n) is 14.4. The summed E-state index contributed by atoms with van der Waals surface area (Å²) in [5, 5.41) is 6.02. The van der Waals surface area contributed by atoms with E-state index >= 15 is 0 Å². The van der Waals surface area contributed by atoms with Crippen molar-refractivity contribution < 1.29 is 9.18 Å². The number of hydrogen-bond acceptors (Lipinski definition) is 3. The van der Waals surface area contributed by atoms with E-state index < -0.39 is 0 Å². The smallest absolute Gasteiger partial charge is 0.229 e. The van der Waals surface area contributed by atoms with Gasteiger partial charge in [0.2, 0.25) is 5.91 Å². The fraction of sp³-hybridized carbons (Fsp3) is 0.611. The Balaban J connectivity index is 0.00000156. The van der Waals surface area contributed by atoms with E-state index in [1.165, 1.54) is 6.42 Å². The SMILES string of the molecule is Cl.Cl.NC1CCCCCCC1C(=O)Nc1ccc2c(c1F)CCNC2. The molecule has 1 heterocycles. The molecule has 4 N–H and O–H groups in total. The zero-order valence-corrected chi connectivity index (χ0v) is 16.0. The summed E-state index contributed by atoms with van der Waals surface area (Å²) in [4.78, 5) is 12.6. The molecule has 1 aliphatic heterocycles. The summed E-state index contributed by atoms with van der Waals surface area (Å²) in [6.45, 7) is 1.46. The van der Waals surface area contributed by atoms with Gasteiger partial charge in [0.1, 0.15) is 5.82 Å². The van der Waals surface area contributed by atoms with Crippen LogP contribution >= 0.6 is 24.8 Å². The highest BCUT2D eigenvalue weighted by Gasteiger charge is 2.27. The minimum absolute atomic E-state index is 0. The van der Waals surface area contributed by atoms with Crippen molar-refractivity contribution in [1.29, 1.82) is 0 Å². The molecule has 2 aliphatic rings. The molecule has 0 aromatic heterocycles. The first-order valence-corrected chi connectivity index (χ1v) is 8.74. The highest BCUT2D eigenvalue weighted by atomic mass is 35.5.